The van der Waals surface area contributed by atoms with Gasteiger partial charge in [0.15, 0.2) is 5.82 Å². The molecule has 0 aliphatic rings. The van der Waals surface area contributed by atoms with Gasteiger partial charge in [-0.1, -0.05) is 24.3 Å². The van der Waals surface area contributed by atoms with Crippen LogP contribution >= 0.6 is 0 Å². The first-order valence-electron chi connectivity index (χ1n) is 5.94. The van der Waals surface area contributed by atoms with Crippen molar-refractivity contribution in [1.82, 2.24) is 10.2 Å². The van der Waals surface area contributed by atoms with Crippen LogP contribution in [0, 0.1) is 6.92 Å². The molecule has 0 unspecified atom stereocenters. The maximum absolute atomic E-state index is 8.88. The maximum Gasteiger partial charge on any atom is 0.151 e. The molecular weight excluding hydrogens is 226 g/mol. The Balaban J connectivity index is 2.25. The number of anilines is 1. The molecule has 4 nitrogen and oxygen atoms in total. The number of aromatic nitrogens is 2. The van der Waals surface area contributed by atoms with Gasteiger partial charge in [0, 0.05) is 19.2 Å². The summed E-state index contributed by atoms with van der Waals surface area (Å²) in [4.78, 5) is 1.87. The zero-order valence-electron chi connectivity index (χ0n) is 10.7. The Morgan fingerprint density at radius 3 is 2.50 bits per heavy atom. The van der Waals surface area contributed by atoms with Crippen molar-refractivity contribution in [3.05, 3.63) is 42.0 Å². The van der Waals surface area contributed by atoms with Crippen LogP contribution in [0.1, 0.15) is 5.56 Å². The van der Waals surface area contributed by atoms with E-state index in [0.29, 0.717) is 6.54 Å². The minimum atomic E-state index is 0.109. The van der Waals surface area contributed by atoms with Crippen molar-refractivity contribution >= 4 is 5.82 Å². The summed E-state index contributed by atoms with van der Waals surface area (Å²) in [6.45, 7) is 2.72. The summed E-state index contributed by atoms with van der Waals surface area (Å²) in [5, 5.41) is 17.3. The van der Waals surface area contributed by atoms with E-state index in [9.17, 15) is 0 Å². The Kier molecular flexibility index (Phi) is 3.89. The molecule has 0 radical (unpaired) electrons. The van der Waals surface area contributed by atoms with Gasteiger partial charge in [-0.05, 0) is 24.6 Å². The van der Waals surface area contributed by atoms with Crippen molar-refractivity contribution in [3.8, 4) is 11.3 Å². The highest BCUT2D eigenvalue weighted by molar-refractivity contribution is 5.63. The molecular formula is C14H17N3O. The summed E-state index contributed by atoms with van der Waals surface area (Å²) in [6.07, 6.45) is 0. The molecule has 1 N–H and O–H groups in total. The van der Waals surface area contributed by atoms with Crippen LogP contribution in [0.25, 0.3) is 11.3 Å². The number of nitrogens with zero attached hydrogens (tertiary/aromatic N) is 3. The first-order valence-corrected chi connectivity index (χ1v) is 5.94. The van der Waals surface area contributed by atoms with Gasteiger partial charge in [0.1, 0.15) is 0 Å². The SMILES string of the molecule is Cc1ccccc1-c1ccc(N(C)CCO)nn1. The molecule has 0 saturated heterocycles. The number of hydrogen-bond acceptors (Lipinski definition) is 4. The summed E-state index contributed by atoms with van der Waals surface area (Å²) >= 11 is 0. The fourth-order valence-electron chi connectivity index (χ4n) is 1.80. The molecule has 0 aliphatic carbocycles. The molecule has 0 fully saturated rings. The third-order valence-electron chi connectivity index (χ3n) is 2.90. The Morgan fingerprint density at radius 1 is 1.11 bits per heavy atom. The third-order valence-corrected chi connectivity index (χ3v) is 2.90. The molecule has 1 aromatic heterocycles. The Hall–Kier alpha value is -1.94. The standard InChI is InChI=1S/C14H17N3O/c1-11-5-3-4-6-12(11)13-7-8-14(16-15-13)17(2)9-10-18/h3-8,18H,9-10H2,1-2H3. The van der Waals surface area contributed by atoms with Gasteiger partial charge in [-0.15, -0.1) is 10.2 Å². The highest BCUT2D eigenvalue weighted by Gasteiger charge is 2.05. The number of rotatable bonds is 4. The van der Waals surface area contributed by atoms with Crippen LogP contribution in [-0.4, -0.2) is 35.5 Å². The van der Waals surface area contributed by atoms with Crippen LogP contribution in [-0.2, 0) is 0 Å². The smallest absolute Gasteiger partial charge is 0.151 e. The van der Waals surface area contributed by atoms with E-state index in [1.165, 1.54) is 5.56 Å². The van der Waals surface area contributed by atoms with E-state index in [1.54, 1.807) is 0 Å². The second-order valence-electron chi connectivity index (χ2n) is 4.24. The monoisotopic (exact) mass is 243 g/mol. The first kappa shape index (κ1) is 12.5. The first-order chi connectivity index (χ1) is 8.72. The molecule has 2 rings (SSSR count). The molecule has 1 heterocycles. The van der Waals surface area contributed by atoms with Crippen molar-refractivity contribution in [1.29, 1.82) is 0 Å². The van der Waals surface area contributed by atoms with E-state index in [4.69, 9.17) is 5.11 Å². The van der Waals surface area contributed by atoms with Crippen LogP contribution in [0.3, 0.4) is 0 Å². The summed E-state index contributed by atoms with van der Waals surface area (Å²) in [5.74, 6) is 0.765. The molecule has 2 aromatic rings. The molecule has 0 saturated carbocycles. The number of aryl methyl sites for hydroxylation is 1. The lowest BCUT2D eigenvalue weighted by atomic mass is 10.1. The molecule has 94 valence electrons. The van der Waals surface area contributed by atoms with Crippen LogP contribution < -0.4 is 4.90 Å². The predicted molar refractivity (Wildman–Crippen MR) is 72.6 cm³/mol. The topological polar surface area (TPSA) is 49.2 Å². The van der Waals surface area contributed by atoms with E-state index in [-0.39, 0.29) is 6.61 Å². The van der Waals surface area contributed by atoms with E-state index >= 15 is 0 Å². The van der Waals surface area contributed by atoms with Gasteiger partial charge in [-0.3, -0.25) is 0 Å². The van der Waals surface area contributed by atoms with E-state index < -0.39 is 0 Å². The largest absolute Gasteiger partial charge is 0.395 e. The summed E-state index contributed by atoms with van der Waals surface area (Å²) in [7, 11) is 1.88. The summed E-state index contributed by atoms with van der Waals surface area (Å²) in [6, 6.07) is 12.0. The normalized spacial score (nSPS) is 10.4. The van der Waals surface area contributed by atoms with Crippen LogP contribution in [0.4, 0.5) is 5.82 Å². The van der Waals surface area contributed by atoms with Gasteiger partial charge < -0.3 is 10.0 Å². The highest BCUT2D eigenvalue weighted by Crippen LogP contribution is 2.21. The predicted octanol–water partition coefficient (Wildman–Crippen LogP) is 1.88. The lowest BCUT2D eigenvalue weighted by Gasteiger charge is -2.15. The lowest BCUT2D eigenvalue weighted by molar-refractivity contribution is 0.303. The van der Waals surface area contributed by atoms with Gasteiger partial charge in [0.25, 0.3) is 0 Å². The molecule has 0 aliphatic heterocycles. The third kappa shape index (κ3) is 2.65. The number of likely N-dealkylation sites (N-methyl/N-ethyl adjacent to an activating group) is 1. The molecule has 4 heteroatoms. The van der Waals surface area contributed by atoms with Crippen molar-refractivity contribution in [2.75, 3.05) is 25.1 Å². The maximum atomic E-state index is 8.88. The zero-order chi connectivity index (χ0) is 13.0. The number of benzene rings is 1. The van der Waals surface area contributed by atoms with Gasteiger partial charge in [-0.2, -0.15) is 0 Å². The molecule has 0 bridgehead atoms. The van der Waals surface area contributed by atoms with Crippen LogP contribution in [0.5, 0.6) is 0 Å². The van der Waals surface area contributed by atoms with Crippen molar-refractivity contribution in [2.24, 2.45) is 0 Å². The Morgan fingerprint density at radius 2 is 1.89 bits per heavy atom. The average Bonchev–Trinajstić information content (AvgIpc) is 2.40. The molecule has 1 aromatic carbocycles. The minimum Gasteiger partial charge on any atom is -0.395 e. The van der Waals surface area contributed by atoms with Gasteiger partial charge >= 0.3 is 0 Å². The number of aliphatic hydroxyl groups is 1. The second-order valence-corrected chi connectivity index (χ2v) is 4.24. The Bertz CT molecular complexity index is 511. The molecule has 0 spiro atoms. The van der Waals surface area contributed by atoms with Gasteiger partial charge in [-0.25, -0.2) is 0 Å². The minimum absolute atomic E-state index is 0.109. The quantitative estimate of drug-likeness (QED) is 0.890. The highest BCUT2D eigenvalue weighted by atomic mass is 16.3. The average molecular weight is 243 g/mol. The van der Waals surface area contributed by atoms with Gasteiger partial charge in [0.2, 0.25) is 0 Å². The molecule has 0 atom stereocenters. The van der Waals surface area contributed by atoms with Crippen LogP contribution in [0.2, 0.25) is 0 Å². The number of aliphatic hydroxyl groups excluding tert-OH is 1. The van der Waals surface area contributed by atoms with Crippen molar-refractivity contribution in [2.45, 2.75) is 6.92 Å². The molecule has 0 amide bonds. The Labute approximate surface area is 107 Å². The summed E-state index contributed by atoms with van der Waals surface area (Å²) < 4.78 is 0. The second kappa shape index (κ2) is 5.60. The van der Waals surface area contributed by atoms with E-state index in [0.717, 1.165) is 17.1 Å². The van der Waals surface area contributed by atoms with Crippen LogP contribution in [0.15, 0.2) is 36.4 Å². The molecule has 18 heavy (non-hydrogen) atoms. The van der Waals surface area contributed by atoms with E-state index in [1.807, 2.05) is 42.3 Å². The van der Waals surface area contributed by atoms with Crippen molar-refractivity contribution < 1.29 is 5.11 Å². The van der Waals surface area contributed by atoms with Crippen molar-refractivity contribution in [3.63, 3.8) is 0 Å². The lowest BCUT2D eigenvalue weighted by Crippen LogP contribution is -2.22. The van der Waals surface area contributed by atoms with Gasteiger partial charge in [0.05, 0.1) is 12.3 Å². The number of hydrogen-bond donors (Lipinski definition) is 1. The zero-order valence-corrected chi connectivity index (χ0v) is 10.7. The fourth-order valence-corrected chi connectivity index (χ4v) is 1.80. The fraction of sp³-hybridized carbons (Fsp3) is 0.286. The van der Waals surface area contributed by atoms with E-state index in [2.05, 4.69) is 23.2 Å². The summed E-state index contributed by atoms with van der Waals surface area (Å²) in [5.41, 5.74) is 3.15.